The summed E-state index contributed by atoms with van der Waals surface area (Å²) in [7, 11) is 0. The Hall–Kier alpha value is -3.62. The molecule has 200 valence electrons. The molecule has 3 N–H and O–H groups in total. The van der Waals surface area contributed by atoms with Crippen molar-refractivity contribution in [2.24, 2.45) is 17.8 Å². The number of nitrogens with one attached hydrogen (secondary N) is 3. The number of pyridine rings is 2. The lowest BCUT2D eigenvalue weighted by atomic mass is 9.90. The summed E-state index contributed by atoms with van der Waals surface area (Å²) in [5, 5.41) is 19.5. The van der Waals surface area contributed by atoms with Gasteiger partial charge in [0.05, 0.1) is 0 Å². The van der Waals surface area contributed by atoms with E-state index >= 15 is 0 Å². The van der Waals surface area contributed by atoms with Gasteiger partial charge in [0, 0.05) is 38.2 Å². The molecule has 5 rings (SSSR count). The number of anilines is 1. The largest absolute Gasteiger partial charge is 0.338 e. The fourth-order valence-corrected chi connectivity index (χ4v) is 5.52. The van der Waals surface area contributed by atoms with Crippen molar-refractivity contribution < 1.29 is 9.59 Å². The molecule has 0 aromatic carbocycles. The summed E-state index contributed by atoms with van der Waals surface area (Å²) in [5.41, 5.74) is 2.73. The molecular weight excluding hydrogens is 478 g/mol. The third-order valence-electron chi connectivity index (χ3n) is 7.75. The monoisotopic (exact) mass is 515 g/mol. The molecule has 4 heterocycles. The average Bonchev–Trinajstić information content (AvgIpc) is 3.76. The highest BCUT2D eigenvalue weighted by atomic mass is 16.2. The van der Waals surface area contributed by atoms with E-state index in [-0.39, 0.29) is 29.3 Å². The van der Waals surface area contributed by atoms with Crippen molar-refractivity contribution in [2.75, 3.05) is 18.4 Å². The predicted octanol–water partition coefficient (Wildman–Crippen LogP) is 4.47. The van der Waals surface area contributed by atoms with Crippen molar-refractivity contribution in [1.82, 2.24) is 19.8 Å². The van der Waals surface area contributed by atoms with E-state index in [1.807, 2.05) is 4.90 Å². The molecule has 38 heavy (non-hydrogen) atoms. The maximum Gasteiger partial charge on any atom is 0.275 e. The first-order valence-electron chi connectivity index (χ1n) is 13.8. The molecule has 2 aromatic heterocycles. The maximum absolute atomic E-state index is 13.4. The third-order valence-corrected chi connectivity index (χ3v) is 7.75. The third kappa shape index (κ3) is 5.76. The number of nitrogens with zero attached hydrogens (tertiary/aromatic N) is 4. The SMILES string of the molecule is CC(C)C[C@@H](C(=O)N1CCc2cnc(C(=O)Nc3cccc(C(=N)N4CCCCC4=N)n3)cc2C1)C1CC1. The van der Waals surface area contributed by atoms with Gasteiger partial charge in [-0.1, -0.05) is 19.9 Å². The van der Waals surface area contributed by atoms with Crippen LogP contribution < -0.4 is 5.32 Å². The minimum absolute atomic E-state index is 0.104. The van der Waals surface area contributed by atoms with E-state index in [2.05, 4.69) is 29.1 Å². The summed E-state index contributed by atoms with van der Waals surface area (Å²) in [5.74, 6) is 1.92. The lowest BCUT2D eigenvalue weighted by Gasteiger charge is -2.32. The van der Waals surface area contributed by atoms with Gasteiger partial charge in [0.2, 0.25) is 5.91 Å². The number of amidine groups is 2. The fourth-order valence-electron chi connectivity index (χ4n) is 5.52. The Balaban J connectivity index is 1.27. The van der Waals surface area contributed by atoms with E-state index < -0.39 is 0 Å². The molecule has 1 saturated carbocycles. The topological polar surface area (TPSA) is 126 Å². The molecule has 0 spiro atoms. The Morgan fingerprint density at radius 2 is 1.92 bits per heavy atom. The first-order chi connectivity index (χ1) is 18.3. The van der Waals surface area contributed by atoms with Crippen LogP contribution in [0, 0.1) is 28.6 Å². The number of piperidine rings is 1. The molecule has 9 heteroatoms. The van der Waals surface area contributed by atoms with Crippen molar-refractivity contribution in [2.45, 2.75) is 65.3 Å². The van der Waals surface area contributed by atoms with Crippen LogP contribution in [0.4, 0.5) is 5.82 Å². The van der Waals surface area contributed by atoms with Gasteiger partial charge >= 0.3 is 0 Å². The molecule has 9 nitrogen and oxygen atoms in total. The van der Waals surface area contributed by atoms with Gasteiger partial charge in [-0.2, -0.15) is 0 Å². The Morgan fingerprint density at radius 1 is 1.11 bits per heavy atom. The number of aromatic nitrogens is 2. The molecule has 0 radical (unpaired) electrons. The molecule has 0 unspecified atom stereocenters. The molecule has 1 atom stereocenters. The number of hydrogen-bond donors (Lipinski definition) is 3. The van der Waals surface area contributed by atoms with Crippen LogP contribution in [-0.2, 0) is 17.8 Å². The average molecular weight is 516 g/mol. The first kappa shape index (κ1) is 26.0. The van der Waals surface area contributed by atoms with Crippen molar-refractivity contribution in [1.29, 1.82) is 10.8 Å². The molecule has 1 saturated heterocycles. The smallest absolute Gasteiger partial charge is 0.275 e. The summed E-state index contributed by atoms with van der Waals surface area (Å²) >= 11 is 0. The van der Waals surface area contributed by atoms with Gasteiger partial charge in [0.1, 0.15) is 23.0 Å². The van der Waals surface area contributed by atoms with E-state index in [1.165, 1.54) is 0 Å². The highest BCUT2D eigenvalue weighted by molar-refractivity contribution is 6.07. The van der Waals surface area contributed by atoms with Gasteiger partial charge < -0.3 is 15.1 Å². The van der Waals surface area contributed by atoms with Crippen LogP contribution in [0.3, 0.4) is 0 Å². The fraction of sp³-hybridized carbons (Fsp3) is 0.517. The second kappa shape index (κ2) is 11.0. The number of amides is 2. The minimum Gasteiger partial charge on any atom is -0.338 e. The van der Waals surface area contributed by atoms with Crippen molar-refractivity contribution in [3.8, 4) is 0 Å². The van der Waals surface area contributed by atoms with E-state index in [0.29, 0.717) is 55.2 Å². The van der Waals surface area contributed by atoms with E-state index in [1.54, 1.807) is 35.4 Å². The number of likely N-dealkylation sites (tertiary alicyclic amines) is 1. The van der Waals surface area contributed by atoms with Crippen LogP contribution in [0.5, 0.6) is 0 Å². The summed E-state index contributed by atoms with van der Waals surface area (Å²) in [4.78, 5) is 39.0. The predicted molar refractivity (Wildman–Crippen MR) is 146 cm³/mol. The maximum atomic E-state index is 13.4. The van der Waals surface area contributed by atoms with Crippen molar-refractivity contribution in [3.05, 3.63) is 53.0 Å². The zero-order chi connectivity index (χ0) is 26.8. The Kier molecular flexibility index (Phi) is 7.53. The van der Waals surface area contributed by atoms with Crippen LogP contribution >= 0.6 is 0 Å². The number of fused-ring (bicyclic) bond motifs is 1. The molecule has 2 aromatic rings. The van der Waals surface area contributed by atoms with Crippen LogP contribution in [0.25, 0.3) is 0 Å². The van der Waals surface area contributed by atoms with E-state index in [4.69, 9.17) is 10.8 Å². The lowest BCUT2D eigenvalue weighted by Crippen LogP contribution is -2.41. The normalized spacial score (nSPS) is 18.2. The van der Waals surface area contributed by atoms with Gasteiger partial charge in [-0.3, -0.25) is 25.4 Å². The molecule has 0 bridgehead atoms. The minimum atomic E-state index is -0.381. The van der Waals surface area contributed by atoms with Crippen LogP contribution in [0.15, 0.2) is 30.5 Å². The highest BCUT2D eigenvalue weighted by Gasteiger charge is 2.39. The van der Waals surface area contributed by atoms with Crippen LogP contribution in [0.2, 0.25) is 0 Å². The van der Waals surface area contributed by atoms with Crippen molar-refractivity contribution >= 4 is 29.3 Å². The van der Waals surface area contributed by atoms with Crippen LogP contribution in [-0.4, -0.2) is 56.3 Å². The summed E-state index contributed by atoms with van der Waals surface area (Å²) in [6, 6.07) is 6.94. The van der Waals surface area contributed by atoms with Gasteiger partial charge in [-0.15, -0.1) is 0 Å². The van der Waals surface area contributed by atoms with Crippen molar-refractivity contribution in [3.63, 3.8) is 0 Å². The van der Waals surface area contributed by atoms with Gasteiger partial charge in [-0.25, -0.2) is 4.98 Å². The molecule has 3 aliphatic rings. The molecular formula is C29H37N7O2. The van der Waals surface area contributed by atoms with E-state index in [0.717, 1.165) is 49.7 Å². The Morgan fingerprint density at radius 3 is 2.66 bits per heavy atom. The quantitative estimate of drug-likeness (QED) is 0.370. The molecule has 1 aliphatic carbocycles. The molecule has 2 fully saturated rings. The molecule has 2 amide bonds. The zero-order valence-electron chi connectivity index (χ0n) is 22.3. The highest BCUT2D eigenvalue weighted by Crippen LogP contribution is 2.41. The van der Waals surface area contributed by atoms with Gasteiger partial charge in [-0.05, 0) is 79.7 Å². The first-order valence-corrected chi connectivity index (χ1v) is 13.8. The van der Waals surface area contributed by atoms with Crippen LogP contribution in [0.1, 0.15) is 79.7 Å². The number of carbonyl (C=O) groups excluding carboxylic acids is 2. The zero-order valence-corrected chi connectivity index (χ0v) is 22.3. The standard InChI is InChI=1S/C29H37N7O2/c1-18(2)14-22(19-9-10-19)29(38)35-13-11-20-16-32-24(15-21(20)17-35)28(37)34-26-8-5-6-23(33-26)27(31)36-12-4-3-7-25(36)30/h5-6,8,15-16,18-19,22,30-31H,3-4,7,9-14,17H2,1-2H3,(H,33,34,37)/t22-/m1/s1. The Bertz CT molecular complexity index is 1250. The van der Waals surface area contributed by atoms with Gasteiger partial charge in [0.25, 0.3) is 5.91 Å². The second-order valence-corrected chi connectivity index (χ2v) is 11.2. The lowest BCUT2D eigenvalue weighted by molar-refractivity contribution is -0.137. The summed E-state index contributed by atoms with van der Waals surface area (Å²) in [6.45, 7) is 6.18. The molecule has 2 aliphatic heterocycles. The number of hydrogen-bond acceptors (Lipinski definition) is 6. The second-order valence-electron chi connectivity index (χ2n) is 11.2. The Labute approximate surface area is 224 Å². The summed E-state index contributed by atoms with van der Waals surface area (Å²) in [6.07, 6.45) is 8.28. The van der Waals surface area contributed by atoms with E-state index in [9.17, 15) is 9.59 Å². The summed E-state index contributed by atoms with van der Waals surface area (Å²) < 4.78 is 0. The number of rotatable bonds is 7. The number of carbonyl (C=O) groups is 2. The van der Waals surface area contributed by atoms with Gasteiger partial charge in [0.15, 0.2) is 5.84 Å².